The number of ether oxygens (including phenoxy) is 1. The van der Waals surface area contributed by atoms with Crippen molar-refractivity contribution >= 4 is 34.0 Å². The highest BCUT2D eigenvalue weighted by molar-refractivity contribution is 7.17. The van der Waals surface area contributed by atoms with Gasteiger partial charge in [-0.2, -0.15) is 0 Å². The Kier molecular flexibility index (Phi) is 7.20. The van der Waals surface area contributed by atoms with Crippen LogP contribution in [0.15, 0.2) is 24.3 Å². The van der Waals surface area contributed by atoms with Crippen LogP contribution in [0.3, 0.4) is 0 Å². The number of nitrogens with one attached hydrogen (secondary N) is 1. The lowest BCUT2D eigenvalue weighted by molar-refractivity contribution is -0.114. The zero-order valence-corrected chi connectivity index (χ0v) is 17.8. The lowest BCUT2D eigenvalue weighted by Crippen LogP contribution is -2.17. The molecule has 0 atom stereocenters. The van der Waals surface area contributed by atoms with E-state index in [0.29, 0.717) is 16.1 Å². The monoisotopic (exact) mass is 413 g/mol. The van der Waals surface area contributed by atoms with Crippen molar-refractivity contribution in [1.82, 2.24) is 0 Å². The number of unbranched alkanes of at least 4 members (excludes halogenated alkanes) is 1. The summed E-state index contributed by atoms with van der Waals surface area (Å²) in [4.78, 5) is 37.9. The lowest BCUT2D eigenvalue weighted by Gasteiger charge is -2.12. The number of benzene rings is 1. The molecule has 1 aromatic carbocycles. The molecule has 29 heavy (non-hydrogen) atoms. The molecule has 0 unspecified atom stereocenters. The molecule has 3 rings (SSSR count). The van der Waals surface area contributed by atoms with E-state index < -0.39 is 5.97 Å². The first-order valence-electron chi connectivity index (χ1n) is 10.2. The number of Topliss-reactive ketones (excluding diaryl/α,β-unsaturated/α-hetero) is 1. The summed E-state index contributed by atoms with van der Waals surface area (Å²) in [6.07, 6.45) is 7.03. The number of esters is 1. The number of carbonyl (C=O) groups is 3. The van der Waals surface area contributed by atoms with Gasteiger partial charge in [-0.25, -0.2) is 4.79 Å². The van der Waals surface area contributed by atoms with Gasteiger partial charge in [0, 0.05) is 17.4 Å². The number of fused-ring (bicyclic) bond motifs is 1. The van der Waals surface area contributed by atoms with Crippen molar-refractivity contribution in [2.24, 2.45) is 0 Å². The predicted octanol–water partition coefficient (Wildman–Crippen LogP) is 4.97. The van der Waals surface area contributed by atoms with E-state index in [9.17, 15) is 14.4 Å². The van der Waals surface area contributed by atoms with Crippen LogP contribution in [0.1, 0.15) is 76.3 Å². The molecule has 1 amide bonds. The highest BCUT2D eigenvalue weighted by Gasteiger charge is 2.27. The number of amides is 1. The van der Waals surface area contributed by atoms with E-state index in [2.05, 4.69) is 12.2 Å². The van der Waals surface area contributed by atoms with E-state index >= 15 is 0 Å². The number of anilines is 1. The third-order valence-electron chi connectivity index (χ3n) is 5.09. The molecule has 1 aliphatic carbocycles. The number of hydrogen-bond donors (Lipinski definition) is 1. The van der Waals surface area contributed by atoms with Crippen LogP contribution in [0.2, 0.25) is 0 Å². The van der Waals surface area contributed by atoms with Gasteiger partial charge in [-0.05, 0) is 49.7 Å². The molecule has 0 fully saturated rings. The minimum atomic E-state index is -0.541. The maximum atomic E-state index is 12.8. The van der Waals surface area contributed by atoms with Crippen LogP contribution in [0.5, 0.6) is 0 Å². The van der Waals surface area contributed by atoms with Gasteiger partial charge in [-0.3, -0.25) is 9.59 Å². The number of aryl methyl sites for hydroxylation is 2. The molecule has 0 aliphatic heterocycles. The summed E-state index contributed by atoms with van der Waals surface area (Å²) >= 11 is 1.44. The minimum Gasteiger partial charge on any atom is -0.454 e. The highest BCUT2D eigenvalue weighted by Crippen LogP contribution is 2.38. The summed E-state index contributed by atoms with van der Waals surface area (Å²) in [5.74, 6) is -0.997. The van der Waals surface area contributed by atoms with Crippen LogP contribution in [0.25, 0.3) is 0 Å². The Morgan fingerprint density at radius 1 is 1.10 bits per heavy atom. The first-order chi connectivity index (χ1) is 14.0. The van der Waals surface area contributed by atoms with Gasteiger partial charge in [0.15, 0.2) is 12.4 Å². The fraction of sp³-hybridized carbons (Fsp3) is 0.435. The van der Waals surface area contributed by atoms with Crippen molar-refractivity contribution < 1.29 is 19.1 Å². The summed E-state index contributed by atoms with van der Waals surface area (Å²) in [7, 11) is 0. The molecule has 1 heterocycles. The number of ketones is 1. The number of carbonyl (C=O) groups excluding carboxylic acids is 3. The van der Waals surface area contributed by atoms with Crippen LogP contribution in [-0.4, -0.2) is 24.3 Å². The third kappa shape index (κ3) is 5.32. The fourth-order valence-electron chi connectivity index (χ4n) is 3.55. The van der Waals surface area contributed by atoms with Gasteiger partial charge in [0.25, 0.3) is 0 Å². The van der Waals surface area contributed by atoms with Crippen LogP contribution in [0, 0.1) is 0 Å². The minimum absolute atomic E-state index is 0.225. The topological polar surface area (TPSA) is 72.5 Å². The van der Waals surface area contributed by atoms with Gasteiger partial charge in [-0.15, -0.1) is 11.3 Å². The first kappa shape index (κ1) is 21.2. The van der Waals surface area contributed by atoms with Gasteiger partial charge in [-0.1, -0.05) is 37.6 Å². The summed E-state index contributed by atoms with van der Waals surface area (Å²) in [5.41, 5.74) is 3.11. The largest absolute Gasteiger partial charge is 0.454 e. The molecule has 1 N–H and O–H groups in total. The van der Waals surface area contributed by atoms with Crippen LogP contribution in [-0.2, 0) is 28.8 Å². The summed E-state index contributed by atoms with van der Waals surface area (Å²) in [5, 5.41) is 3.28. The van der Waals surface area contributed by atoms with E-state index in [1.807, 2.05) is 12.1 Å². The van der Waals surface area contributed by atoms with Crippen LogP contribution >= 0.6 is 11.3 Å². The Labute approximate surface area is 175 Å². The van der Waals surface area contributed by atoms with Gasteiger partial charge < -0.3 is 10.1 Å². The molecule has 1 aromatic heterocycles. The molecular weight excluding hydrogens is 386 g/mol. The Morgan fingerprint density at radius 3 is 2.52 bits per heavy atom. The van der Waals surface area contributed by atoms with Crippen molar-refractivity contribution in [2.75, 3.05) is 11.9 Å². The zero-order chi connectivity index (χ0) is 20.8. The molecule has 0 radical (unpaired) electrons. The van der Waals surface area contributed by atoms with Gasteiger partial charge in [0.1, 0.15) is 5.00 Å². The van der Waals surface area contributed by atoms with E-state index in [1.165, 1.54) is 23.8 Å². The van der Waals surface area contributed by atoms with Crippen molar-refractivity contribution in [3.05, 3.63) is 51.4 Å². The number of rotatable bonds is 8. The Balaban J connectivity index is 1.68. The van der Waals surface area contributed by atoms with Crippen LogP contribution < -0.4 is 5.32 Å². The predicted molar refractivity (Wildman–Crippen MR) is 115 cm³/mol. The smallest absolute Gasteiger partial charge is 0.341 e. The molecule has 0 saturated carbocycles. The average Bonchev–Trinajstić information content (AvgIpc) is 3.07. The van der Waals surface area contributed by atoms with Gasteiger partial charge >= 0.3 is 5.97 Å². The van der Waals surface area contributed by atoms with E-state index in [1.54, 1.807) is 12.1 Å². The number of hydrogen-bond acceptors (Lipinski definition) is 5. The van der Waals surface area contributed by atoms with Crippen molar-refractivity contribution in [1.29, 1.82) is 0 Å². The Morgan fingerprint density at radius 2 is 1.83 bits per heavy atom. The summed E-state index contributed by atoms with van der Waals surface area (Å²) in [6, 6.07) is 7.48. The highest BCUT2D eigenvalue weighted by atomic mass is 32.1. The molecule has 2 aromatic rings. The van der Waals surface area contributed by atoms with Crippen molar-refractivity contribution in [2.45, 2.75) is 58.8 Å². The standard InChI is InChI=1S/C23H27NO4S/c1-3-4-7-16-10-12-17(13-11-16)19(26)14-28-23(27)21-18-8-5-6-9-20(18)29-22(21)24-15(2)25/h10-13H,3-9,14H2,1-2H3,(H,24,25). The quantitative estimate of drug-likeness (QED) is 0.490. The maximum Gasteiger partial charge on any atom is 0.341 e. The average molecular weight is 414 g/mol. The maximum absolute atomic E-state index is 12.8. The summed E-state index contributed by atoms with van der Waals surface area (Å²) in [6.45, 7) is 3.26. The molecule has 0 saturated heterocycles. The second-order valence-electron chi connectivity index (χ2n) is 7.40. The normalized spacial score (nSPS) is 12.9. The SMILES string of the molecule is CCCCc1ccc(C(=O)COC(=O)c2c(NC(C)=O)sc3c2CCCC3)cc1. The molecule has 5 nitrogen and oxygen atoms in total. The van der Waals surface area contributed by atoms with Gasteiger partial charge in [0.2, 0.25) is 5.91 Å². The molecule has 1 aliphatic rings. The second kappa shape index (κ2) is 9.83. The molecule has 154 valence electrons. The van der Waals surface area contributed by atoms with Gasteiger partial charge in [0.05, 0.1) is 5.56 Å². The Bertz CT molecular complexity index is 898. The molecule has 6 heteroatoms. The molecular formula is C23H27NO4S. The second-order valence-corrected chi connectivity index (χ2v) is 8.50. The zero-order valence-electron chi connectivity index (χ0n) is 17.0. The van der Waals surface area contributed by atoms with E-state index in [4.69, 9.17) is 4.74 Å². The third-order valence-corrected chi connectivity index (χ3v) is 6.30. The molecule has 0 spiro atoms. The van der Waals surface area contributed by atoms with Crippen LogP contribution in [0.4, 0.5) is 5.00 Å². The molecule has 0 bridgehead atoms. The number of thiophene rings is 1. The fourth-order valence-corrected chi connectivity index (χ4v) is 4.88. The lowest BCUT2D eigenvalue weighted by atomic mass is 9.95. The van der Waals surface area contributed by atoms with E-state index in [0.717, 1.165) is 55.4 Å². The first-order valence-corrected chi connectivity index (χ1v) is 11.0. The van der Waals surface area contributed by atoms with Crippen molar-refractivity contribution in [3.8, 4) is 0 Å². The van der Waals surface area contributed by atoms with Crippen molar-refractivity contribution in [3.63, 3.8) is 0 Å². The van der Waals surface area contributed by atoms with E-state index in [-0.39, 0.29) is 18.3 Å². The Hall–Kier alpha value is -2.47. The summed E-state index contributed by atoms with van der Waals surface area (Å²) < 4.78 is 5.35.